The maximum absolute atomic E-state index is 14.1. The molecule has 2 rings (SSSR count). The lowest BCUT2D eigenvalue weighted by atomic mass is 10.1. The molecule has 0 unspecified atom stereocenters. The molecular formula is C14H16F2N2. The summed E-state index contributed by atoms with van der Waals surface area (Å²) in [5.41, 5.74) is 0.905. The molecular weight excluding hydrogens is 234 g/mol. The average molecular weight is 250 g/mol. The summed E-state index contributed by atoms with van der Waals surface area (Å²) in [5.74, 6) is -2.86. The van der Waals surface area contributed by atoms with Gasteiger partial charge in [0.25, 0.3) is 5.92 Å². The van der Waals surface area contributed by atoms with Crippen LogP contribution >= 0.6 is 0 Å². The molecule has 1 aromatic carbocycles. The molecule has 18 heavy (non-hydrogen) atoms. The van der Waals surface area contributed by atoms with Gasteiger partial charge in [0, 0.05) is 24.0 Å². The fourth-order valence-electron chi connectivity index (χ4n) is 1.93. The van der Waals surface area contributed by atoms with Gasteiger partial charge >= 0.3 is 0 Å². The number of aromatic nitrogens is 1. The number of hydrogen-bond donors (Lipinski definition) is 1. The number of rotatable bonds is 5. The highest BCUT2D eigenvalue weighted by molar-refractivity contribution is 5.20. The normalized spacial score (nSPS) is 11.7. The van der Waals surface area contributed by atoms with E-state index in [4.69, 9.17) is 0 Å². The van der Waals surface area contributed by atoms with E-state index in [9.17, 15) is 8.78 Å². The Kier molecular flexibility index (Phi) is 3.77. The number of nitrogens with one attached hydrogen (secondary N) is 1. The SMILES string of the molecule is CNCc1cccn1CC(F)(F)c1ccccc1. The van der Waals surface area contributed by atoms with E-state index in [0.717, 1.165) is 5.69 Å². The lowest BCUT2D eigenvalue weighted by Gasteiger charge is -2.19. The molecule has 1 aromatic heterocycles. The summed E-state index contributed by atoms with van der Waals surface area (Å²) in [7, 11) is 1.80. The van der Waals surface area contributed by atoms with Crippen LogP contribution in [0.2, 0.25) is 0 Å². The fraction of sp³-hybridized carbons (Fsp3) is 0.286. The molecule has 0 bridgehead atoms. The Labute approximate surface area is 105 Å². The van der Waals surface area contributed by atoms with Gasteiger partial charge in [0.15, 0.2) is 0 Å². The summed E-state index contributed by atoms with van der Waals surface area (Å²) in [6.45, 7) is 0.249. The molecule has 0 aliphatic rings. The average Bonchev–Trinajstić information content (AvgIpc) is 2.78. The van der Waals surface area contributed by atoms with Crippen molar-refractivity contribution in [3.63, 3.8) is 0 Å². The largest absolute Gasteiger partial charge is 0.344 e. The van der Waals surface area contributed by atoms with Crippen LogP contribution in [-0.2, 0) is 19.0 Å². The van der Waals surface area contributed by atoms with Crippen LogP contribution in [0.25, 0.3) is 0 Å². The van der Waals surface area contributed by atoms with Gasteiger partial charge in [-0.25, -0.2) is 0 Å². The van der Waals surface area contributed by atoms with Gasteiger partial charge in [0.05, 0.1) is 6.54 Å². The predicted molar refractivity (Wildman–Crippen MR) is 67.5 cm³/mol. The van der Waals surface area contributed by atoms with E-state index in [1.54, 1.807) is 42.1 Å². The maximum atomic E-state index is 14.1. The van der Waals surface area contributed by atoms with Crippen LogP contribution in [0.1, 0.15) is 11.3 Å². The van der Waals surface area contributed by atoms with Crippen molar-refractivity contribution in [3.8, 4) is 0 Å². The molecule has 0 atom stereocenters. The number of benzene rings is 1. The minimum Gasteiger partial charge on any atom is -0.344 e. The van der Waals surface area contributed by atoms with Gasteiger partial charge in [-0.3, -0.25) is 0 Å². The highest BCUT2D eigenvalue weighted by Crippen LogP contribution is 2.30. The van der Waals surface area contributed by atoms with Crippen molar-refractivity contribution >= 4 is 0 Å². The molecule has 0 radical (unpaired) electrons. The van der Waals surface area contributed by atoms with Crippen LogP contribution in [0.5, 0.6) is 0 Å². The summed E-state index contributed by atoms with van der Waals surface area (Å²) in [4.78, 5) is 0. The van der Waals surface area contributed by atoms with Crippen molar-refractivity contribution in [2.45, 2.75) is 19.0 Å². The van der Waals surface area contributed by atoms with Crippen molar-refractivity contribution in [1.82, 2.24) is 9.88 Å². The number of halogens is 2. The second-order valence-corrected chi connectivity index (χ2v) is 4.23. The van der Waals surface area contributed by atoms with E-state index in [0.29, 0.717) is 6.54 Å². The summed E-state index contributed by atoms with van der Waals surface area (Å²) in [5, 5.41) is 2.97. The van der Waals surface area contributed by atoms with Gasteiger partial charge in [-0.05, 0) is 19.2 Å². The highest BCUT2D eigenvalue weighted by Gasteiger charge is 2.32. The zero-order chi connectivity index (χ0) is 13.0. The van der Waals surface area contributed by atoms with Crippen LogP contribution in [0.4, 0.5) is 8.78 Å². The van der Waals surface area contributed by atoms with E-state index in [1.165, 1.54) is 12.1 Å². The molecule has 1 N–H and O–H groups in total. The highest BCUT2D eigenvalue weighted by atomic mass is 19.3. The zero-order valence-electron chi connectivity index (χ0n) is 10.2. The third-order valence-electron chi connectivity index (χ3n) is 2.85. The second kappa shape index (κ2) is 5.31. The smallest absolute Gasteiger partial charge is 0.290 e. The van der Waals surface area contributed by atoms with Crippen LogP contribution in [0.3, 0.4) is 0 Å². The molecule has 4 heteroatoms. The molecule has 0 spiro atoms. The van der Waals surface area contributed by atoms with Crippen LogP contribution < -0.4 is 5.32 Å². The number of hydrogen-bond acceptors (Lipinski definition) is 1. The van der Waals surface area contributed by atoms with Gasteiger partial charge in [0.2, 0.25) is 0 Å². The molecule has 2 nitrogen and oxygen atoms in total. The van der Waals surface area contributed by atoms with Crippen LogP contribution in [-0.4, -0.2) is 11.6 Å². The Balaban J connectivity index is 2.19. The summed E-state index contributed by atoms with van der Waals surface area (Å²) in [6.07, 6.45) is 1.68. The summed E-state index contributed by atoms with van der Waals surface area (Å²) < 4.78 is 29.8. The molecule has 0 aliphatic carbocycles. The molecule has 1 heterocycles. The molecule has 96 valence electrons. The molecule has 0 aliphatic heterocycles. The quantitative estimate of drug-likeness (QED) is 0.863. The van der Waals surface area contributed by atoms with Crippen molar-refractivity contribution in [1.29, 1.82) is 0 Å². The molecule has 0 fully saturated rings. The topological polar surface area (TPSA) is 17.0 Å². The first-order chi connectivity index (χ1) is 8.63. The third kappa shape index (κ3) is 2.76. The first kappa shape index (κ1) is 12.8. The van der Waals surface area contributed by atoms with Crippen molar-refractivity contribution in [2.24, 2.45) is 0 Å². The Morgan fingerprint density at radius 2 is 1.83 bits per heavy atom. The van der Waals surface area contributed by atoms with E-state index in [2.05, 4.69) is 5.32 Å². The lowest BCUT2D eigenvalue weighted by molar-refractivity contribution is -0.0228. The summed E-state index contributed by atoms with van der Waals surface area (Å²) in [6, 6.07) is 11.6. The maximum Gasteiger partial charge on any atom is 0.290 e. The van der Waals surface area contributed by atoms with Crippen molar-refractivity contribution in [3.05, 3.63) is 59.9 Å². The van der Waals surface area contributed by atoms with Gasteiger partial charge in [0.1, 0.15) is 0 Å². The van der Waals surface area contributed by atoms with Gasteiger partial charge < -0.3 is 9.88 Å². The van der Waals surface area contributed by atoms with Crippen molar-refractivity contribution in [2.75, 3.05) is 7.05 Å². The van der Waals surface area contributed by atoms with E-state index < -0.39 is 5.92 Å². The fourth-order valence-corrected chi connectivity index (χ4v) is 1.93. The summed E-state index contributed by atoms with van der Waals surface area (Å²) >= 11 is 0. The van der Waals surface area contributed by atoms with Gasteiger partial charge in [-0.1, -0.05) is 30.3 Å². The standard InChI is InChI=1S/C14H16F2N2/c1-17-10-13-8-5-9-18(13)11-14(15,16)12-6-3-2-4-7-12/h2-9,17H,10-11H2,1H3. The minimum atomic E-state index is -2.86. The lowest BCUT2D eigenvalue weighted by Crippen LogP contribution is -2.23. The molecule has 2 aromatic rings. The minimum absolute atomic E-state index is 0.0501. The Morgan fingerprint density at radius 1 is 1.11 bits per heavy atom. The van der Waals surface area contributed by atoms with E-state index in [1.807, 2.05) is 6.07 Å². The molecule has 0 saturated carbocycles. The third-order valence-corrected chi connectivity index (χ3v) is 2.85. The van der Waals surface area contributed by atoms with Crippen LogP contribution in [0, 0.1) is 0 Å². The number of nitrogens with zero attached hydrogens (tertiary/aromatic N) is 1. The van der Waals surface area contributed by atoms with Gasteiger partial charge in [-0.15, -0.1) is 0 Å². The zero-order valence-corrected chi connectivity index (χ0v) is 10.2. The first-order valence-corrected chi connectivity index (χ1v) is 5.85. The second-order valence-electron chi connectivity index (χ2n) is 4.23. The van der Waals surface area contributed by atoms with Gasteiger partial charge in [-0.2, -0.15) is 8.78 Å². The first-order valence-electron chi connectivity index (χ1n) is 5.85. The Bertz CT molecular complexity index is 492. The molecule has 0 saturated heterocycles. The Hall–Kier alpha value is -1.68. The predicted octanol–water partition coefficient (Wildman–Crippen LogP) is 3.00. The molecule has 0 amide bonds. The van der Waals surface area contributed by atoms with Crippen molar-refractivity contribution < 1.29 is 8.78 Å². The monoisotopic (exact) mass is 250 g/mol. The van der Waals surface area contributed by atoms with E-state index in [-0.39, 0.29) is 12.1 Å². The van der Waals surface area contributed by atoms with E-state index >= 15 is 0 Å². The van der Waals surface area contributed by atoms with Crippen LogP contribution in [0.15, 0.2) is 48.7 Å². The Morgan fingerprint density at radius 3 is 2.50 bits per heavy atom. The number of alkyl halides is 2.